The van der Waals surface area contributed by atoms with Crippen LogP contribution in [0.3, 0.4) is 0 Å². The summed E-state index contributed by atoms with van der Waals surface area (Å²) in [6.07, 6.45) is 4.10. The van der Waals surface area contributed by atoms with Gasteiger partial charge in [-0.2, -0.15) is 5.10 Å². The summed E-state index contributed by atoms with van der Waals surface area (Å²) in [5, 5.41) is 7.32. The molecule has 27 heavy (non-hydrogen) atoms. The van der Waals surface area contributed by atoms with Crippen molar-refractivity contribution >= 4 is 5.91 Å². The Morgan fingerprint density at radius 3 is 2.74 bits per heavy atom. The third-order valence-electron chi connectivity index (χ3n) is 4.55. The molecule has 0 saturated carbocycles. The van der Waals surface area contributed by atoms with Crippen molar-refractivity contribution in [1.82, 2.24) is 15.1 Å². The molecular weight excluding hydrogens is 345 g/mol. The highest BCUT2D eigenvalue weighted by Crippen LogP contribution is 2.28. The molecule has 0 saturated heterocycles. The Kier molecular flexibility index (Phi) is 6.06. The van der Waals surface area contributed by atoms with Crippen molar-refractivity contribution < 1.29 is 13.6 Å². The number of rotatable bonds is 8. The van der Waals surface area contributed by atoms with Gasteiger partial charge in [-0.15, -0.1) is 0 Å². The van der Waals surface area contributed by atoms with Crippen LogP contribution in [-0.4, -0.2) is 22.2 Å². The standard InChI is InChI=1S/C21H24FN3O2/c1-3-5-17-14-19(25(2)24-17)21(26)23-12-11-18(20-6-4-13-27-20)15-7-9-16(22)10-8-15/h4,6-10,13-14,18H,3,5,11-12H2,1-2H3,(H,23,26)/t18-/m1/s1. The van der Waals surface area contributed by atoms with Gasteiger partial charge < -0.3 is 9.73 Å². The maximum atomic E-state index is 13.2. The summed E-state index contributed by atoms with van der Waals surface area (Å²) in [6.45, 7) is 2.55. The Balaban J connectivity index is 1.65. The van der Waals surface area contributed by atoms with Gasteiger partial charge in [-0.25, -0.2) is 4.39 Å². The lowest BCUT2D eigenvalue weighted by Crippen LogP contribution is -2.27. The van der Waals surface area contributed by atoms with Crippen LogP contribution in [0.2, 0.25) is 0 Å². The van der Waals surface area contributed by atoms with Crippen LogP contribution < -0.4 is 5.32 Å². The van der Waals surface area contributed by atoms with E-state index in [-0.39, 0.29) is 17.6 Å². The van der Waals surface area contributed by atoms with Crippen LogP contribution in [0.25, 0.3) is 0 Å². The second kappa shape index (κ2) is 8.66. The van der Waals surface area contributed by atoms with E-state index in [2.05, 4.69) is 17.3 Å². The number of hydrogen-bond donors (Lipinski definition) is 1. The van der Waals surface area contributed by atoms with Crippen molar-refractivity contribution in [3.05, 3.63) is 77.3 Å². The number of halogens is 1. The van der Waals surface area contributed by atoms with Gasteiger partial charge in [0.2, 0.25) is 0 Å². The van der Waals surface area contributed by atoms with Gasteiger partial charge >= 0.3 is 0 Å². The summed E-state index contributed by atoms with van der Waals surface area (Å²) in [5.74, 6) is 0.318. The highest BCUT2D eigenvalue weighted by molar-refractivity contribution is 5.92. The van der Waals surface area contributed by atoms with Crippen molar-refractivity contribution in [3.63, 3.8) is 0 Å². The Labute approximate surface area is 158 Å². The fraction of sp³-hybridized carbons (Fsp3) is 0.333. The molecule has 1 N–H and O–H groups in total. The van der Waals surface area contributed by atoms with Gasteiger partial charge in [0.05, 0.1) is 12.0 Å². The van der Waals surface area contributed by atoms with Gasteiger partial charge in [0.1, 0.15) is 17.3 Å². The first-order chi connectivity index (χ1) is 13.1. The van der Waals surface area contributed by atoms with Crippen molar-refractivity contribution in [2.45, 2.75) is 32.1 Å². The first-order valence-corrected chi connectivity index (χ1v) is 9.18. The third kappa shape index (κ3) is 4.64. The average molecular weight is 369 g/mol. The van der Waals surface area contributed by atoms with Crippen molar-refractivity contribution in [2.75, 3.05) is 6.54 Å². The summed E-state index contributed by atoms with van der Waals surface area (Å²) in [6, 6.07) is 11.9. The summed E-state index contributed by atoms with van der Waals surface area (Å²) >= 11 is 0. The van der Waals surface area contributed by atoms with Crippen molar-refractivity contribution in [1.29, 1.82) is 0 Å². The number of benzene rings is 1. The molecule has 2 heterocycles. The van der Waals surface area contributed by atoms with Crippen LogP contribution in [0.4, 0.5) is 4.39 Å². The van der Waals surface area contributed by atoms with Crippen LogP contribution in [0.5, 0.6) is 0 Å². The first kappa shape index (κ1) is 18.9. The lowest BCUT2D eigenvalue weighted by Gasteiger charge is -2.15. The van der Waals surface area contributed by atoms with Crippen molar-refractivity contribution in [3.8, 4) is 0 Å². The van der Waals surface area contributed by atoms with Gasteiger partial charge in [0.25, 0.3) is 5.91 Å². The van der Waals surface area contributed by atoms with E-state index >= 15 is 0 Å². The molecule has 1 aromatic carbocycles. The predicted octanol–water partition coefficient (Wildman–Crippen LogP) is 4.06. The summed E-state index contributed by atoms with van der Waals surface area (Å²) in [4.78, 5) is 12.5. The molecule has 0 aliphatic heterocycles. The van der Waals surface area contributed by atoms with Crippen LogP contribution in [0.15, 0.2) is 53.1 Å². The van der Waals surface area contributed by atoms with E-state index in [1.54, 1.807) is 30.1 Å². The molecule has 0 fully saturated rings. The zero-order chi connectivity index (χ0) is 19.2. The van der Waals surface area contributed by atoms with E-state index in [0.29, 0.717) is 18.7 Å². The maximum absolute atomic E-state index is 13.2. The molecule has 0 aliphatic rings. The van der Waals surface area contributed by atoms with Crippen molar-refractivity contribution in [2.24, 2.45) is 7.05 Å². The lowest BCUT2D eigenvalue weighted by atomic mass is 9.93. The first-order valence-electron chi connectivity index (χ1n) is 9.18. The summed E-state index contributed by atoms with van der Waals surface area (Å²) in [5.41, 5.74) is 2.42. The van der Waals surface area contributed by atoms with E-state index in [1.807, 2.05) is 18.2 Å². The minimum Gasteiger partial charge on any atom is -0.469 e. The van der Waals surface area contributed by atoms with E-state index in [1.165, 1.54) is 12.1 Å². The molecule has 0 spiro atoms. The number of amides is 1. The molecule has 3 aromatic rings. The highest BCUT2D eigenvalue weighted by atomic mass is 19.1. The summed E-state index contributed by atoms with van der Waals surface area (Å²) in [7, 11) is 1.78. The largest absolute Gasteiger partial charge is 0.469 e. The van der Waals surface area contributed by atoms with Gasteiger partial charge in [-0.3, -0.25) is 9.48 Å². The Morgan fingerprint density at radius 2 is 2.07 bits per heavy atom. The molecule has 1 amide bonds. The molecule has 0 aliphatic carbocycles. The zero-order valence-corrected chi connectivity index (χ0v) is 15.6. The number of nitrogens with one attached hydrogen (secondary N) is 1. The number of carbonyl (C=O) groups excluding carboxylic acids is 1. The number of carbonyl (C=O) groups is 1. The zero-order valence-electron chi connectivity index (χ0n) is 15.6. The van der Waals surface area contributed by atoms with Gasteiger partial charge in [0.15, 0.2) is 0 Å². The van der Waals surface area contributed by atoms with E-state index in [0.717, 1.165) is 29.9 Å². The van der Waals surface area contributed by atoms with Crippen LogP contribution >= 0.6 is 0 Å². The molecule has 142 valence electrons. The lowest BCUT2D eigenvalue weighted by molar-refractivity contribution is 0.0943. The molecule has 0 unspecified atom stereocenters. The van der Waals surface area contributed by atoms with Crippen LogP contribution in [-0.2, 0) is 13.5 Å². The smallest absolute Gasteiger partial charge is 0.269 e. The predicted molar refractivity (Wildman–Crippen MR) is 101 cm³/mol. The second-order valence-electron chi connectivity index (χ2n) is 6.56. The van der Waals surface area contributed by atoms with E-state index in [9.17, 15) is 9.18 Å². The number of furan rings is 1. The third-order valence-corrected chi connectivity index (χ3v) is 4.55. The Hall–Kier alpha value is -2.89. The topological polar surface area (TPSA) is 60.1 Å². The van der Waals surface area contributed by atoms with E-state index < -0.39 is 0 Å². The number of hydrogen-bond acceptors (Lipinski definition) is 3. The molecule has 5 nitrogen and oxygen atoms in total. The fourth-order valence-corrected chi connectivity index (χ4v) is 3.20. The molecule has 3 rings (SSSR count). The molecule has 6 heteroatoms. The quantitative estimate of drug-likeness (QED) is 0.651. The van der Waals surface area contributed by atoms with Crippen LogP contribution in [0.1, 0.15) is 53.2 Å². The Morgan fingerprint density at radius 1 is 1.30 bits per heavy atom. The fourth-order valence-electron chi connectivity index (χ4n) is 3.20. The monoisotopic (exact) mass is 369 g/mol. The SMILES string of the molecule is CCCc1cc(C(=O)NCC[C@H](c2ccc(F)cc2)c2ccco2)n(C)n1. The summed E-state index contributed by atoms with van der Waals surface area (Å²) < 4.78 is 20.4. The Bertz CT molecular complexity index is 869. The van der Waals surface area contributed by atoms with Gasteiger partial charge in [-0.05, 0) is 48.7 Å². The number of aryl methyl sites for hydroxylation is 2. The minimum absolute atomic E-state index is 0.0527. The molecule has 1 atom stereocenters. The second-order valence-corrected chi connectivity index (χ2v) is 6.56. The molecule has 0 radical (unpaired) electrons. The van der Waals surface area contributed by atoms with Crippen LogP contribution in [0, 0.1) is 5.82 Å². The normalized spacial score (nSPS) is 12.1. The molecule has 2 aromatic heterocycles. The van der Waals surface area contributed by atoms with Gasteiger partial charge in [-0.1, -0.05) is 25.5 Å². The number of aromatic nitrogens is 2. The maximum Gasteiger partial charge on any atom is 0.269 e. The van der Waals surface area contributed by atoms with E-state index in [4.69, 9.17) is 4.42 Å². The van der Waals surface area contributed by atoms with Gasteiger partial charge in [0, 0.05) is 19.5 Å². The molecular formula is C21H24FN3O2. The highest BCUT2D eigenvalue weighted by Gasteiger charge is 2.18. The minimum atomic E-state index is -0.274. The molecule has 0 bridgehead atoms. The average Bonchev–Trinajstić information content (AvgIpc) is 3.30. The number of nitrogens with zero attached hydrogens (tertiary/aromatic N) is 2.